The Hall–Kier alpha value is -1.90. The predicted molar refractivity (Wildman–Crippen MR) is 72.8 cm³/mol. The van der Waals surface area contributed by atoms with Gasteiger partial charge in [-0.25, -0.2) is 4.79 Å². The van der Waals surface area contributed by atoms with Gasteiger partial charge >= 0.3 is 5.97 Å². The van der Waals surface area contributed by atoms with Crippen molar-refractivity contribution in [3.8, 4) is 6.07 Å². The molecule has 0 aromatic heterocycles. The molecule has 0 spiro atoms. The van der Waals surface area contributed by atoms with Crippen LogP contribution in [0.3, 0.4) is 0 Å². The molecule has 5 heteroatoms. The Balaban J connectivity index is 2.09. The van der Waals surface area contributed by atoms with Crippen LogP contribution in [0.2, 0.25) is 0 Å². The summed E-state index contributed by atoms with van der Waals surface area (Å²) in [6, 6.07) is 9.69. The average Bonchev–Trinajstić information content (AvgIpc) is 2.46. The standard InChI is InChI=1S/C15H18N2O3/c1-11-8-17(10-14(20-11)15(18)19-2)9-13-6-4-3-5-12(13)7-16/h3-6,11,14H,8-10H2,1-2H3/t11-,14-/m1/s1. The third kappa shape index (κ3) is 3.35. The van der Waals surface area contributed by atoms with Crippen LogP contribution in [0.25, 0.3) is 0 Å². The van der Waals surface area contributed by atoms with Crippen molar-refractivity contribution in [2.75, 3.05) is 20.2 Å². The predicted octanol–water partition coefficient (Wildman–Crippen LogP) is 1.32. The molecule has 106 valence electrons. The van der Waals surface area contributed by atoms with E-state index in [1.807, 2.05) is 25.1 Å². The zero-order valence-corrected chi connectivity index (χ0v) is 11.7. The average molecular weight is 274 g/mol. The van der Waals surface area contributed by atoms with Crippen LogP contribution >= 0.6 is 0 Å². The van der Waals surface area contributed by atoms with Crippen molar-refractivity contribution in [1.29, 1.82) is 5.26 Å². The summed E-state index contributed by atoms with van der Waals surface area (Å²) in [7, 11) is 1.36. The molecule has 0 bridgehead atoms. The van der Waals surface area contributed by atoms with Crippen molar-refractivity contribution in [2.24, 2.45) is 0 Å². The van der Waals surface area contributed by atoms with Crippen molar-refractivity contribution < 1.29 is 14.3 Å². The number of morpholine rings is 1. The fourth-order valence-corrected chi connectivity index (χ4v) is 2.44. The molecule has 20 heavy (non-hydrogen) atoms. The van der Waals surface area contributed by atoms with Crippen LogP contribution in [0.5, 0.6) is 0 Å². The highest BCUT2D eigenvalue weighted by atomic mass is 16.6. The van der Waals surface area contributed by atoms with E-state index < -0.39 is 6.10 Å². The molecule has 0 saturated carbocycles. The molecule has 1 aromatic rings. The molecule has 1 aliphatic rings. The maximum absolute atomic E-state index is 11.6. The highest BCUT2D eigenvalue weighted by molar-refractivity contribution is 5.75. The molecule has 1 aromatic carbocycles. The molecule has 1 saturated heterocycles. The van der Waals surface area contributed by atoms with Crippen molar-refractivity contribution in [1.82, 2.24) is 4.90 Å². The number of hydrogen-bond donors (Lipinski definition) is 0. The second-order valence-corrected chi connectivity index (χ2v) is 4.92. The second kappa shape index (κ2) is 6.51. The minimum atomic E-state index is -0.557. The lowest BCUT2D eigenvalue weighted by Gasteiger charge is -2.35. The summed E-state index contributed by atoms with van der Waals surface area (Å²) < 4.78 is 10.3. The van der Waals surface area contributed by atoms with Crippen LogP contribution in [0.4, 0.5) is 0 Å². The highest BCUT2D eigenvalue weighted by Gasteiger charge is 2.31. The third-order valence-electron chi connectivity index (χ3n) is 3.33. The zero-order valence-electron chi connectivity index (χ0n) is 11.7. The van der Waals surface area contributed by atoms with Gasteiger partial charge in [0.15, 0.2) is 6.10 Å². The van der Waals surface area contributed by atoms with Gasteiger partial charge in [-0.3, -0.25) is 4.90 Å². The summed E-state index contributed by atoms with van der Waals surface area (Å²) in [5, 5.41) is 9.11. The Morgan fingerprint density at radius 2 is 2.25 bits per heavy atom. The van der Waals surface area contributed by atoms with Gasteiger partial charge in [-0.1, -0.05) is 18.2 Å². The summed E-state index contributed by atoms with van der Waals surface area (Å²) in [4.78, 5) is 13.7. The van der Waals surface area contributed by atoms with Gasteiger partial charge in [0.25, 0.3) is 0 Å². The van der Waals surface area contributed by atoms with Gasteiger partial charge in [0.05, 0.1) is 24.8 Å². The monoisotopic (exact) mass is 274 g/mol. The first-order valence-electron chi connectivity index (χ1n) is 6.57. The quantitative estimate of drug-likeness (QED) is 0.778. The molecule has 2 rings (SSSR count). The summed E-state index contributed by atoms with van der Waals surface area (Å²) in [6.45, 7) is 3.77. The number of carbonyl (C=O) groups is 1. The molecule has 0 amide bonds. The van der Waals surface area contributed by atoms with Crippen LogP contribution in [-0.2, 0) is 20.8 Å². The molecule has 0 unspecified atom stereocenters. The molecule has 0 N–H and O–H groups in total. The topological polar surface area (TPSA) is 62.6 Å². The number of methoxy groups -OCH3 is 1. The first kappa shape index (κ1) is 14.5. The van der Waals surface area contributed by atoms with Gasteiger partial charge in [0, 0.05) is 19.6 Å². The number of ether oxygens (including phenoxy) is 2. The van der Waals surface area contributed by atoms with E-state index in [4.69, 9.17) is 14.7 Å². The normalized spacial score (nSPS) is 23.1. The van der Waals surface area contributed by atoms with Gasteiger partial charge in [0.2, 0.25) is 0 Å². The van der Waals surface area contributed by atoms with Gasteiger partial charge in [-0.05, 0) is 18.6 Å². The number of esters is 1. The minimum absolute atomic E-state index is 0.0397. The lowest BCUT2D eigenvalue weighted by Crippen LogP contribution is -2.49. The molecule has 1 fully saturated rings. The molecule has 1 heterocycles. The van der Waals surface area contributed by atoms with Crippen LogP contribution in [0, 0.1) is 11.3 Å². The number of rotatable bonds is 3. The van der Waals surface area contributed by atoms with E-state index in [0.29, 0.717) is 18.7 Å². The third-order valence-corrected chi connectivity index (χ3v) is 3.33. The van der Waals surface area contributed by atoms with Gasteiger partial charge in [-0.15, -0.1) is 0 Å². The molecular formula is C15H18N2O3. The number of hydrogen-bond acceptors (Lipinski definition) is 5. The number of carbonyl (C=O) groups excluding carboxylic acids is 1. The van der Waals surface area contributed by atoms with E-state index >= 15 is 0 Å². The van der Waals surface area contributed by atoms with Crippen molar-refractivity contribution >= 4 is 5.97 Å². The summed E-state index contributed by atoms with van der Waals surface area (Å²) in [5.41, 5.74) is 1.63. The molecule has 2 atom stereocenters. The summed E-state index contributed by atoms with van der Waals surface area (Å²) >= 11 is 0. The number of nitriles is 1. The van der Waals surface area contributed by atoms with E-state index in [0.717, 1.165) is 12.1 Å². The number of benzene rings is 1. The SMILES string of the molecule is COC(=O)[C@H]1CN(Cc2ccccc2C#N)C[C@@H](C)O1. The molecule has 5 nitrogen and oxygen atoms in total. The highest BCUT2D eigenvalue weighted by Crippen LogP contribution is 2.17. The molecule has 1 aliphatic heterocycles. The molecule has 0 aliphatic carbocycles. The lowest BCUT2D eigenvalue weighted by atomic mass is 10.1. The first-order valence-corrected chi connectivity index (χ1v) is 6.57. The smallest absolute Gasteiger partial charge is 0.336 e. The summed E-state index contributed by atoms with van der Waals surface area (Å²) in [5.74, 6) is -0.352. The maximum Gasteiger partial charge on any atom is 0.336 e. The van der Waals surface area contributed by atoms with Crippen LogP contribution in [0.15, 0.2) is 24.3 Å². The zero-order chi connectivity index (χ0) is 14.5. The Morgan fingerprint density at radius 1 is 1.50 bits per heavy atom. The van der Waals surface area contributed by atoms with E-state index in [1.165, 1.54) is 7.11 Å². The number of nitrogens with zero attached hydrogens (tertiary/aromatic N) is 2. The first-order chi connectivity index (χ1) is 9.63. The largest absolute Gasteiger partial charge is 0.467 e. The molecular weight excluding hydrogens is 256 g/mol. The fraction of sp³-hybridized carbons (Fsp3) is 0.467. The Labute approximate surface area is 118 Å². The Bertz CT molecular complexity index is 524. The van der Waals surface area contributed by atoms with Crippen LogP contribution < -0.4 is 0 Å². The van der Waals surface area contributed by atoms with Crippen molar-refractivity contribution in [3.05, 3.63) is 35.4 Å². The lowest BCUT2D eigenvalue weighted by molar-refractivity contribution is -0.166. The minimum Gasteiger partial charge on any atom is -0.467 e. The maximum atomic E-state index is 11.6. The van der Waals surface area contributed by atoms with Gasteiger partial charge in [0.1, 0.15) is 0 Å². The Kier molecular flexibility index (Phi) is 4.72. The van der Waals surface area contributed by atoms with E-state index in [-0.39, 0.29) is 12.1 Å². The Morgan fingerprint density at radius 3 is 2.95 bits per heavy atom. The van der Waals surface area contributed by atoms with E-state index in [1.54, 1.807) is 6.07 Å². The fourth-order valence-electron chi connectivity index (χ4n) is 2.44. The second-order valence-electron chi connectivity index (χ2n) is 4.92. The molecule has 0 radical (unpaired) electrons. The summed E-state index contributed by atoms with van der Waals surface area (Å²) in [6.07, 6.45) is -0.597. The van der Waals surface area contributed by atoms with Gasteiger partial charge < -0.3 is 9.47 Å². The van der Waals surface area contributed by atoms with Crippen molar-refractivity contribution in [3.63, 3.8) is 0 Å². The van der Waals surface area contributed by atoms with E-state index in [2.05, 4.69) is 11.0 Å². The van der Waals surface area contributed by atoms with Gasteiger partial charge in [-0.2, -0.15) is 5.26 Å². The van der Waals surface area contributed by atoms with E-state index in [9.17, 15) is 4.79 Å². The van der Waals surface area contributed by atoms with Crippen molar-refractivity contribution in [2.45, 2.75) is 25.7 Å². The van der Waals surface area contributed by atoms with Crippen LogP contribution in [0.1, 0.15) is 18.1 Å². The van der Waals surface area contributed by atoms with Crippen LogP contribution in [-0.4, -0.2) is 43.3 Å².